The largest absolute Gasteiger partial charge is 0.497 e. The number of H-pyrrole nitrogens is 1. The van der Waals surface area contributed by atoms with Gasteiger partial charge in [-0.1, -0.05) is 58.0 Å². The maximum absolute atomic E-state index is 12.5. The standard InChI is InChI=1S/C16H11Cl5N2O4/c1-26-6-3-4-7-8(5-6)22-13(16(25)27-2)12(7)23-15(24)11(19)9(17)10(18)14(20)21/h3-5,22H,1-2H3,(H,23,24). The van der Waals surface area contributed by atoms with E-state index in [-0.39, 0.29) is 25.9 Å². The molecule has 6 nitrogen and oxygen atoms in total. The molecule has 0 saturated heterocycles. The normalized spacial score (nSPS) is 11.7. The topological polar surface area (TPSA) is 80.4 Å². The second-order valence-electron chi connectivity index (χ2n) is 4.93. The molecule has 1 aromatic heterocycles. The maximum atomic E-state index is 12.5. The van der Waals surface area contributed by atoms with Crippen molar-refractivity contribution in [3.63, 3.8) is 0 Å². The summed E-state index contributed by atoms with van der Waals surface area (Å²) in [6.07, 6.45) is 0. The summed E-state index contributed by atoms with van der Waals surface area (Å²) in [6.45, 7) is 0. The van der Waals surface area contributed by atoms with Gasteiger partial charge in [-0.25, -0.2) is 4.79 Å². The van der Waals surface area contributed by atoms with E-state index in [4.69, 9.17) is 67.5 Å². The molecule has 0 aliphatic carbocycles. The first-order valence-electron chi connectivity index (χ1n) is 7.07. The molecule has 0 bridgehead atoms. The summed E-state index contributed by atoms with van der Waals surface area (Å²) in [4.78, 5) is 27.4. The van der Waals surface area contributed by atoms with Crippen molar-refractivity contribution in [3.05, 3.63) is 43.5 Å². The van der Waals surface area contributed by atoms with Crippen LogP contribution in [0.25, 0.3) is 10.9 Å². The van der Waals surface area contributed by atoms with Crippen molar-refractivity contribution in [2.45, 2.75) is 0 Å². The number of benzene rings is 1. The third-order valence-electron chi connectivity index (χ3n) is 3.38. The molecular weight excluding hydrogens is 461 g/mol. The molecular formula is C16H11Cl5N2O4. The van der Waals surface area contributed by atoms with E-state index in [1.54, 1.807) is 18.2 Å². The fourth-order valence-electron chi connectivity index (χ4n) is 2.14. The molecule has 0 unspecified atom stereocenters. The van der Waals surface area contributed by atoms with Gasteiger partial charge >= 0.3 is 5.97 Å². The molecule has 11 heteroatoms. The molecule has 0 aliphatic rings. The molecule has 1 aromatic carbocycles. The molecule has 2 N–H and O–H groups in total. The zero-order chi connectivity index (χ0) is 20.3. The van der Waals surface area contributed by atoms with E-state index in [1.165, 1.54) is 14.2 Å². The highest BCUT2D eigenvalue weighted by atomic mass is 35.5. The van der Waals surface area contributed by atoms with Crippen LogP contribution in [0.15, 0.2) is 37.8 Å². The molecule has 2 rings (SSSR count). The van der Waals surface area contributed by atoms with Crippen molar-refractivity contribution >= 4 is 86.5 Å². The van der Waals surface area contributed by atoms with Gasteiger partial charge < -0.3 is 19.8 Å². The first kappa shape index (κ1) is 21.7. The van der Waals surface area contributed by atoms with E-state index in [2.05, 4.69) is 10.3 Å². The van der Waals surface area contributed by atoms with E-state index >= 15 is 0 Å². The molecule has 0 fully saturated rings. The highest BCUT2D eigenvalue weighted by molar-refractivity contribution is 6.62. The number of allylic oxidation sites excluding steroid dienone is 2. The number of amides is 1. The summed E-state index contributed by atoms with van der Waals surface area (Å²) >= 11 is 28.7. The second-order valence-corrected chi connectivity index (χ2v) is 7.02. The number of hydrogen-bond donors (Lipinski definition) is 2. The number of rotatable bonds is 5. The average molecular weight is 473 g/mol. The SMILES string of the molecule is COC(=O)c1[nH]c2cc(OC)ccc2c1NC(=O)C(Cl)=C(Cl)C(Cl)=C(Cl)Cl. The van der Waals surface area contributed by atoms with E-state index in [9.17, 15) is 9.59 Å². The molecule has 0 saturated carbocycles. The Morgan fingerprint density at radius 1 is 1.00 bits per heavy atom. The quantitative estimate of drug-likeness (QED) is 0.343. The Morgan fingerprint density at radius 3 is 2.22 bits per heavy atom. The van der Waals surface area contributed by atoms with Crippen LogP contribution in [0.1, 0.15) is 10.5 Å². The summed E-state index contributed by atoms with van der Waals surface area (Å²) < 4.78 is 9.52. The molecule has 27 heavy (non-hydrogen) atoms. The highest BCUT2D eigenvalue weighted by Gasteiger charge is 2.23. The highest BCUT2D eigenvalue weighted by Crippen LogP contribution is 2.34. The number of fused-ring (bicyclic) bond motifs is 1. The monoisotopic (exact) mass is 470 g/mol. The van der Waals surface area contributed by atoms with Crippen LogP contribution in [0.5, 0.6) is 5.75 Å². The van der Waals surface area contributed by atoms with Crippen LogP contribution in [-0.2, 0) is 9.53 Å². The van der Waals surface area contributed by atoms with Crippen molar-refractivity contribution in [1.29, 1.82) is 0 Å². The van der Waals surface area contributed by atoms with Crippen LogP contribution < -0.4 is 10.1 Å². The first-order chi connectivity index (χ1) is 12.7. The summed E-state index contributed by atoms with van der Waals surface area (Å²) in [7, 11) is 2.71. The minimum atomic E-state index is -0.837. The number of methoxy groups -OCH3 is 2. The van der Waals surface area contributed by atoms with E-state index in [0.717, 1.165) is 0 Å². The Bertz CT molecular complexity index is 977. The number of nitrogens with one attached hydrogen (secondary N) is 2. The van der Waals surface area contributed by atoms with Gasteiger partial charge in [0.15, 0.2) is 0 Å². The first-order valence-corrected chi connectivity index (χ1v) is 8.96. The third-order valence-corrected chi connectivity index (χ3v) is 5.27. The Labute approximate surface area is 178 Å². The number of hydrogen-bond acceptors (Lipinski definition) is 4. The molecule has 0 atom stereocenters. The molecule has 0 radical (unpaired) electrons. The van der Waals surface area contributed by atoms with Gasteiger partial charge in [-0.3, -0.25) is 4.79 Å². The van der Waals surface area contributed by atoms with Crippen LogP contribution >= 0.6 is 58.0 Å². The Balaban J connectivity index is 2.54. The van der Waals surface area contributed by atoms with Crippen LogP contribution in [0.3, 0.4) is 0 Å². The molecule has 1 heterocycles. The van der Waals surface area contributed by atoms with Gasteiger partial charge in [-0.15, -0.1) is 0 Å². The molecule has 144 valence electrons. The van der Waals surface area contributed by atoms with Gasteiger partial charge in [0.2, 0.25) is 0 Å². The lowest BCUT2D eigenvalue weighted by Crippen LogP contribution is -2.15. The fraction of sp³-hybridized carbons (Fsp3) is 0.125. The van der Waals surface area contributed by atoms with Crippen molar-refractivity contribution in [2.75, 3.05) is 19.5 Å². The smallest absolute Gasteiger partial charge is 0.356 e. The second kappa shape index (κ2) is 9.08. The minimum Gasteiger partial charge on any atom is -0.497 e. The minimum absolute atomic E-state index is 0.00621. The lowest BCUT2D eigenvalue weighted by Gasteiger charge is -2.08. The maximum Gasteiger partial charge on any atom is 0.356 e. The molecule has 0 aliphatic heterocycles. The van der Waals surface area contributed by atoms with E-state index in [0.29, 0.717) is 16.7 Å². The summed E-state index contributed by atoms with van der Waals surface area (Å²) in [5.74, 6) is -0.989. The number of aromatic nitrogens is 1. The van der Waals surface area contributed by atoms with Gasteiger partial charge in [0.25, 0.3) is 5.91 Å². The number of anilines is 1. The molecule has 0 spiro atoms. The number of aromatic amines is 1. The predicted octanol–water partition coefficient (Wildman–Crippen LogP) is 5.48. The zero-order valence-corrected chi connectivity index (χ0v) is 17.5. The van der Waals surface area contributed by atoms with Crippen molar-refractivity contribution in [1.82, 2.24) is 4.98 Å². The Hall–Kier alpha value is -1.57. The summed E-state index contributed by atoms with van der Waals surface area (Å²) in [5, 5.41) is 1.91. The Morgan fingerprint density at radius 2 is 1.67 bits per heavy atom. The van der Waals surface area contributed by atoms with Crippen LogP contribution in [0, 0.1) is 0 Å². The van der Waals surface area contributed by atoms with Crippen molar-refractivity contribution in [2.24, 2.45) is 0 Å². The molecule has 2 aromatic rings. The number of esters is 1. The predicted molar refractivity (Wildman–Crippen MR) is 108 cm³/mol. The lowest BCUT2D eigenvalue weighted by atomic mass is 10.2. The van der Waals surface area contributed by atoms with Gasteiger partial charge in [-0.2, -0.15) is 0 Å². The zero-order valence-electron chi connectivity index (χ0n) is 13.8. The Kier molecular flexibility index (Phi) is 7.31. The van der Waals surface area contributed by atoms with Crippen molar-refractivity contribution in [3.8, 4) is 5.75 Å². The van der Waals surface area contributed by atoms with Crippen LogP contribution in [0.4, 0.5) is 5.69 Å². The average Bonchev–Trinajstić information content (AvgIpc) is 3.02. The number of ether oxygens (including phenoxy) is 2. The summed E-state index contributed by atoms with van der Waals surface area (Å²) in [5.41, 5.74) is 0.675. The van der Waals surface area contributed by atoms with Gasteiger partial charge in [0.05, 0.1) is 35.5 Å². The van der Waals surface area contributed by atoms with E-state index < -0.39 is 16.9 Å². The number of halogens is 5. The van der Waals surface area contributed by atoms with Gasteiger partial charge in [0, 0.05) is 11.5 Å². The van der Waals surface area contributed by atoms with Gasteiger partial charge in [0.1, 0.15) is 21.0 Å². The summed E-state index contributed by atoms with van der Waals surface area (Å²) in [6, 6.07) is 4.95. The van der Waals surface area contributed by atoms with E-state index in [1.807, 2.05) is 0 Å². The fourth-order valence-corrected chi connectivity index (χ4v) is 2.89. The lowest BCUT2D eigenvalue weighted by molar-refractivity contribution is -0.112. The van der Waals surface area contributed by atoms with Crippen LogP contribution in [-0.4, -0.2) is 31.1 Å². The number of carbonyl (C=O) groups excluding carboxylic acids is 2. The molecule has 1 amide bonds. The van der Waals surface area contributed by atoms with Crippen molar-refractivity contribution < 1.29 is 19.1 Å². The third kappa shape index (κ3) is 4.65. The van der Waals surface area contributed by atoms with Gasteiger partial charge in [-0.05, 0) is 12.1 Å². The van der Waals surface area contributed by atoms with Crippen LogP contribution in [0.2, 0.25) is 0 Å². The number of carbonyl (C=O) groups is 2.